The highest BCUT2D eigenvalue weighted by molar-refractivity contribution is 7.12. The molecule has 0 aliphatic rings. The minimum absolute atomic E-state index is 0.0261. The normalized spacial score (nSPS) is 11.4. The molecular formula is C27H22N2O6S. The summed E-state index contributed by atoms with van der Waals surface area (Å²) in [4.78, 5) is 53.7. The van der Waals surface area contributed by atoms with Gasteiger partial charge >= 0.3 is 11.9 Å². The van der Waals surface area contributed by atoms with E-state index in [9.17, 15) is 19.2 Å². The van der Waals surface area contributed by atoms with Crippen molar-refractivity contribution in [1.82, 2.24) is 4.57 Å². The van der Waals surface area contributed by atoms with E-state index in [2.05, 4.69) is 16.6 Å². The number of oxime groups is 1. The van der Waals surface area contributed by atoms with Gasteiger partial charge in [-0.3, -0.25) is 9.59 Å². The highest BCUT2D eigenvalue weighted by Crippen LogP contribution is 2.32. The number of rotatable bonds is 9. The average molecular weight is 503 g/mol. The van der Waals surface area contributed by atoms with E-state index in [0.29, 0.717) is 22.5 Å². The number of carbonyl (C=O) groups is 4. The molecule has 0 saturated carbocycles. The Hall–Kier alpha value is -4.37. The van der Waals surface area contributed by atoms with Crippen LogP contribution < -0.4 is 0 Å². The first-order valence-electron chi connectivity index (χ1n) is 11.0. The van der Waals surface area contributed by atoms with Crippen molar-refractivity contribution in [2.45, 2.75) is 20.4 Å². The number of hydrogen-bond donors (Lipinski definition) is 0. The zero-order valence-corrected chi connectivity index (χ0v) is 20.5. The molecule has 0 spiro atoms. The van der Waals surface area contributed by atoms with Gasteiger partial charge in [0.25, 0.3) is 0 Å². The first-order valence-corrected chi connectivity index (χ1v) is 11.9. The molecule has 0 fully saturated rings. The summed E-state index contributed by atoms with van der Waals surface area (Å²) < 4.78 is 7.14. The maximum absolute atomic E-state index is 13.0. The highest BCUT2D eigenvalue weighted by Gasteiger charge is 2.18. The Morgan fingerprint density at radius 2 is 1.67 bits per heavy atom. The van der Waals surface area contributed by atoms with Crippen molar-refractivity contribution in [1.29, 1.82) is 0 Å². The summed E-state index contributed by atoms with van der Waals surface area (Å²) in [6, 6.07) is 14.2. The van der Waals surface area contributed by atoms with Gasteiger partial charge in [-0.2, -0.15) is 0 Å². The number of aromatic nitrogens is 1. The van der Waals surface area contributed by atoms with Crippen molar-refractivity contribution in [3.05, 3.63) is 82.6 Å². The topological polar surface area (TPSA) is 104 Å². The molecule has 2 aromatic carbocycles. The molecule has 4 aromatic rings. The van der Waals surface area contributed by atoms with Crippen LogP contribution in [0, 0.1) is 0 Å². The van der Waals surface area contributed by atoms with Crippen molar-refractivity contribution >= 4 is 62.4 Å². The van der Waals surface area contributed by atoms with Crippen molar-refractivity contribution < 1.29 is 28.8 Å². The summed E-state index contributed by atoms with van der Waals surface area (Å²) in [6.07, 6.45) is 1.10. The van der Waals surface area contributed by atoms with Crippen LogP contribution in [0.4, 0.5) is 0 Å². The van der Waals surface area contributed by atoms with Crippen LogP contribution in [-0.4, -0.2) is 40.4 Å². The van der Waals surface area contributed by atoms with E-state index in [1.807, 2.05) is 22.1 Å². The summed E-state index contributed by atoms with van der Waals surface area (Å²) in [7, 11) is 0. The molecule has 2 heterocycles. The van der Waals surface area contributed by atoms with Crippen LogP contribution in [0.2, 0.25) is 0 Å². The first-order chi connectivity index (χ1) is 17.3. The molecule has 2 aromatic heterocycles. The molecule has 4 rings (SSSR count). The largest absolute Gasteiger partial charge is 0.461 e. The number of ketones is 2. The number of fused-ring (bicyclic) bond motifs is 3. The Morgan fingerprint density at radius 1 is 1.00 bits per heavy atom. The summed E-state index contributed by atoms with van der Waals surface area (Å²) >= 11 is 1.37. The first kappa shape index (κ1) is 24.7. The molecular weight excluding hydrogens is 480 g/mol. The fraction of sp³-hybridized carbons (Fsp3) is 0.148. The predicted octanol–water partition coefficient (Wildman–Crippen LogP) is 4.94. The second-order valence-electron chi connectivity index (χ2n) is 7.88. The monoisotopic (exact) mass is 502 g/mol. The van der Waals surface area contributed by atoms with Crippen LogP contribution in [0.5, 0.6) is 0 Å². The minimum Gasteiger partial charge on any atom is -0.461 e. The fourth-order valence-corrected chi connectivity index (χ4v) is 4.54. The molecule has 8 nitrogen and oxygen atoms in total. The zero-order chi connectivity index (χ0) is 25.8. The van der Waals surface area contributed by atoms with Crippen molar-refractivity contribution in [2.24, 2.45) is 5.16 Å². The van der Waals surface area contributed by atoms with Crippen LogP contribution in [0.25, 0.3) is 21.8 Å². The summed E-state index contributed by atoms with van der Waals surface area (Å²) in [6.45, 7) is 6.54. The van der Waals surface area contributed by atoms with Gasteiger partial charge in [-0.25, -0.2) is 9.59 Å². The van der Waals surface area contributed by atoms with Crippen molar-refractivity contribution in [2.75, 3.05) is 6.61 Å². The lowest BCUT2D eigenvalue weighted by Crippen LogP contribution is -2.12. The van der Waals surface area contributed by atoms with Crippen LogP contribution in [0.3, 0.4) is 0 Å². The van der Waals surface area contributed by atoms with Gasteiger partial charge < -0.3 is 14.1 Å². The van der Waals surface area contributed by atoms with Crippen LogP contribution in [-0.2, 0) is 25.7 Å². The molecule has 0 N–H and O–H groups in total. The molecule has 0 saturated heterocycles. The second-order valence-corrected chi connectivity index (χ2v) is 8.83. The summed E-state index contributed by atoms with van der Waals surface area (Å²) in [5.41, 5.74) is 2.51. The van der Waals surface area contributed by atoms with Gasteiger partial charge in [-0.1, -0.05) is 17.8 Å². The third kappa shape index (κ3) is 5.01. The Kier molecular flexibility index (Phi) is 7.21. The van der Waals surface area contributed by atoms with E-state index in [-0.39, 0.29) is 18.1 Å². The van der Waals surface area contributed by atoms with Gasteiger partial charge in [0, 0.05) is 45.9 Å². The molecule has 0 radical (unpaired) electrons. The zero-order valence-electron chi connectivity index (χ0n) is 19.6. The molecule has 0 aliphatic heterocycles. The summed E-state index contributed by atoms with van der Waals surface area (Å²) in [5.74, 6) is -1.63. The Balaban J connectivity index is 1.82. The van der Waals surface area contributed by atoms with Gasteiger partial charge in [0.2, 0.25) is 11.6 Å². The Bertz CT molecular complexity index is 1550. The lowest BCUT2D eigenvalue weighted by Gasteiger charge is -2.08. The third-order valence-electron chi connectivity index (χ3n) is 5.50. The highest BCUT2D eigenvalue weighted by atomic mass is 32.1. The van der Waals surface area contributed by atoms with Crippen LogP contribution >= 0.6 is 11.3 Å². The summed E-state index contributed by atoms with van der Waals surface area (Å²) in [5, 5.41) is 6.95. The molecule has 0 atom stereocenters. The number of carbonyl (C=O) groups excluding carboxylic acids is 4. The molecule has 36 heavy (non-hydrogen) atoms. The predicted molar refractivity (Wildman–Crippen MR) is 138 cm³/mol. The van der Waals surface area contributed by atoms with Crippen LogP contribution in [0.1, 0.15) is 39.4 Å². The lowest BCUT2D eigenvalue weighted by atomic mass is 10.0. The van der Waals surface area contributed by atoms with Gasteiger partial charge in [0.1, 0.15) is 12.3 Å². The van der Waals surface area contributed by atoms with Gasteiger partial charge in [-0.15, -0.1) is 11.3 Å². The second kappa shape index (κ2) is 10.5. The van der Waals surface area contributed by atoms with E-state index in [1.54, 1.807) is 36.4 Å². The standard InChI is InChI=1S/C27H22N2O6S/c1-4-25(31)34-12-11-29-22-9-7-18(26(32)16(2)28-35-17(3)30)14-20(22)21-15-19(8-10-23(21)29)27(33)24-6-5-13-36-24/h4-10,13-15H,1,11-12H2,2-3H3/b28-16+. The fourth-order valence-electron chi connectivity index (χ4n) is 3.86. The Morgan fingerprint density at radius 3 is 2.28 bits per heavy atom. The van der Waals surface area contributed by atoms with E-state index >= 15 is 0 Å². The number of esters is 1. The molecule has 0 aliphatic carbocycles. The number of hydrogen-bond acceptors (Lipinski definition) is 8. The van der Waals surface area contributed by atoms with E-state index in [4.69, 9.17) is 4.74 Å². The van der Waals surface area contributed by atoms with Crippen molar-refractivity contribution in [3.63, 3.8) is 0 Å². The number of ether oxygens (including phenoxy) is 1. The van der Waals surface area contributed by atoms with E-state index < -0.39 is 17.7 Å². The number of thiophene rings is 1. The van der Waals surface area contributed by atoms with Gasteiger partial charge in [0.15, 0.2) is 0 Å². The van der Waals surface area contributed by atoms with Gasteiger partial charge in [0.05, 0.1) is 11.4 Å². The van der Waals surface area contributed by atoms with Gasteiger partial charge in [-0.05, 0) is 54.8 Å². The molecule has 0 unspecified atom stereocenters. The minimum atomic E-state index is -0.624. The Labute approximate surface area is 210 Å². The molecule has 0 amide bonds. The lowest BCUT2D eigenvalue weighted by molar-refractivity contribution is -0.141. The molecule has 9 heteroatoms. The SMILES string of the molecule is C=CC(=O)OCCn1c2ccc(C(=O)/C(C)=N/OC(C)=O)cc2c2cc(C(=O)c3cccs3)ccc21. The number of benzene rings is 2. The average Bonchev–Trinajstić information content (AvgIpc) is 3.53. The maximum atomic E-state index is 13.0. The quantitative estimate of drug-likeness (QED) is 0.0802. The number of nitrogens with zero attached hydrogens (tertiary/aromatic N) is 2. The molecule has 182 valence electrons. The smallest absolute Gasteiger partial charge is 0.331 e. The molecule has 0 bridgehead atoms. The van der Waals surface area contributed by atoms with Crippen molar-refractivity contribution in [3.8, 4) is 0 Å². The van der Waals surface area contributed by atoms with E-state index in [0.717, 1.165) is 27.9 Å². The van der Waals surface area contributed by atoms with Crippen LogP contribution in [0.15, 0.2) is 71.7 Å². The number of Topliss-reactive ketones (excluding diaryl/α,β-unsaturated/α-hetero) is 1. The maximum Gasteiger partial charge on any atom is 0.331 e. The third-order valence-corrected chi connectivity index (χ3v) is 6.37. The van der Waals surface area contributed by atoms with E-state index in [1.165, 1.54) is 25.2 Å².